The maximum absolute atomic E-state index is 3.69. The summed E-state index contributed by atoms with van der Waals surface area (Å²) in [5.74, 6) is 1.80. The van der Waals surface area contributed by atoms with Crippen LogP contribution in [0.1, 0.15) is 46.5 Å². The van der Waals surface area contributed by atoms with Gasteiger partial charge in [0.25, 0.3) is 0 Å². The van der Waals surface area contributed by atoms with Gasteiger partial charge in [-0.1, -0.05) is 20.8 Å². The van der Waals surface area contributed by atoms with Crippen molar-refractivity contribution < 1.29 is 0 Å². The topological polar surface area (TPSA) is 15.3 Å². The summed E-state index contributed by atoms with van der Waals surface area (Å²) in [5, 5.41) is 3.69. The lowest BCUT2D eigenvalue weighted by Crippen LogP contribution is -2.45. The van der Waals surface area contributed by atoms with Crippen LogP contribution in [0, 0.1) is 11.8 Å². The van der Waals surface area contributed by atoms with Gasteiger partial charge in [0.2, 0.25) is 0 Å². The van der Waals surface area contributed by atoms with Crippen LogP contribution in [0.5, 0.6) is 0 Å². The second kappa shape index (κ2) is 5.50. The Balaban J connectivity index is 1.85. The minimum absolute atomic E-state index is 0.768. The fraction of sp³-hybridized carbons (Fsp3) is 1.00. The van der Waals surface area contributed by atoms with E-state index in [9.17, 15) is 0 Å². The van der Waals surface area contributed by atoms with E-state index in [1.165, 1.54) is 38.8 Å². The SMILES string of the molecule is CCNC(CN1CCCC1C(C)C)C1CC1. The molecule has 2 atom stereocenters. The van der Waals surface area contributed by atoms with Crippen LogP contribution in [0.2, 0.25) is 0 Å². The zero-order chi connectivity index (χ0) is 11.5. The Bertz CT molecular complexity index is 211. The summed E-state index contributed by atoms with van der Waals surface area (Å²) in [4.78, 5) is 2.75. The van der Waals surface area contributed by atoms with Crippen molar-refractivity contribution in [1.29, 1.82) is 0 Å². The smallest absolute Gasteiger partial charge is 0.0223 e. The highest BCUT2D eigenvalue weighted by molar-refractivity contribution is 4.91. The van der Waals surface area contributed by atoms with Gasteiger partial charge in [-0.15, -0.1) is 0 Å². The van der Waals surface area contributed by atoms with Crippen LogP contribution in [-0.2, 0) is 0 Å². The number of likely N-dealkylation sites (N-methyl/N-ethyl adjacent to an activating group) is 1. The van der Waals surface area contributed by atoms with E-state index in [1.807, 2.05) is 0 Å². The summed E-state index contributed by atoms with van der Waals surface area (Å²) >= 11 is 0. The third-order valence-corrected chi connectivity index (χ3v) is 4.27. The molecular formula is C14H28N2. The number of hydrogen-bond acceptors (Lipinski definition) is 2. The molecule has 0 aromatic heterocycles. The van der Waals surface area contributed by atoms with Crippen molar-refractivity contribution in [1.82, 2.24) is 10.2 Å². The van der Waals surface area contributed by atoms with E-state index >= 15 is 0 Å². The summed E-state index contributed by atoms with van der Waals surface area (Å²) in [7, 11) is 0. The molecule has 0 spiro atoms. The van der Waals surface area contributed by atoms with Crippen molar-refractivity contribution in [2.45, 2.75) is 58.5 Å². The number of likely N-dealkylation sites (tertiary alicyclic amines) is 1. The molecule has 1 aliphatic carbocycles. The minimum atomic E-state index is 0.768. The van der Waals surface area contributed by atoms with Gasteiger partial charge in [0.1, 0.15) is 0 Å². The summed E-state index contributed by atoms with van der Waals surface area (Å²) in [6.45, 7) is 10.7. The Kier molecular flexibility index (Phi) is 4.26. The van der Waals surface area contributed by atoms with Gasteiger partial charge in [-0.3, -0.25) is 4.90 Å². The van der Waals surface area contributed by atoms with Crippen LogP contribution in [-0.4, -0.2) is 36.6 Å². The van der Waals surface area contributed by atoms with Gasteiger partial charge in [-0.05, 0) is 50.6 Å². The van der Waals surface area contributed by atoms with Crippen molar-refractivity contribution in [2.24, 2.45) is 11.8 Å². The fourth-order valence-electron chi connectivity index (χ4n) is 3.23. The Morgan fingerprint density at radius 1 is 1.25 bits per heavy atom. The van der Waals surface area contributed by atoms with Gasteiger partial charge >= 0.3 is 0 Å². The van der Waals surface area contributed by atoms with E-state index < -0.39 is 0 Å². The number of nitrogens with one attached hydrogen (secondary N) is 1. The molecule has 94 valence electrons. The van der Waals surface area contributed by atoms with Crippen molar-refractivity contribution in [3.05, 3.63) is 0 Å². The number of nitrogens with zero attached hydrogens (tertiary/aromatic N) is 1. The molecule has 2 nitrogen and oxygen atoms in total. The van der Waals surface area contributed by atoms with Crippen molar-refractivity contribution in [3.63, 3.8) is 0 Å². The third kappa shape index (κ3) is 2.98. The van der Waals surface area contributed by atoms with Crippen LogP contribution in [0.15, 0.2) is 0 Å². The molecule has 0 radical (unpaired) electrons. The molecule has 1 heterocycles. The molecule has 1 saturated carbocycles. The zero-order valence-corrected chi connectivity index (χ0v) is 11.2. The predicted molar refractivity (Wildman–Crippen MR) is 69.6 cm³/mol. The normalized spacial score (nSPS) is 28.9. The summed E-state index contributed by atoms with van der Waals surface area (Å²) in [5.41, 5.74) is 0. The van der Waals surface area contributed by atoms with Crippen LogP contribution in [0.3, 0.4) is 0 Å². The standard InChI is InChI=1S/C14H28N2/c1-4-15-13(12-7-8-12)10-16-9-5-6-14(16)11(2)3/h11-15H,4-10H2,1-3H3. The maximum Gasteiger partial charge on any atom is 0.0223 e. The first-order valence-corrected chi connectivity index (χ1v) is 7.19. The highest BCUT2D eigenvalue weighted by atomic mass is 15.2. The molecule has 0 aromatic carbocycles. The van der Waals surface area contributed by atoms with E-state index in [2.05, 4.69) is 31.0 Å². The molecule has 1 saturated heterocycles. The van der Waals surface area contributed by atoms with E-state index in [0.717, 1.165) is 30.5 Å². The predicted octanol–water partition coefficient (Wildman–Crippen LogP) is 2.49. The maximum atomic E-state index is 3.69. The number of hydrogen-bond donors (Lipinski definition) is 1. The first-order chi connectivity index (χ1) is 7.72. The van der Waals surface area contributed by atoms with Gasteiger partial charge in [0.15, 0.2) is 0 Å². The lowest BCUT2D eigenvalue weighted by molar-refractivity contribution is 0.180. The monoisotopic (exact) mass is 224 g/mol. The van der Waals surface area contributed by atoms with Crippen LogP contribution >= 0.6 is 0 Å². The Morgan fingerprint density at radius 3 is 2.56 bits per heavy atom. The molecule has 0 amide bonds. The van der Waals surface area contributed by atoms with E-state index in [4.69, 9.17) is 0 Å². The summed E-state index contributed by atoms with van der Waals surface area (Å²) < 4.78 is 0. The average Bonchev–Trinajstić information content (AvgIpc) is 2.98. The first-order valence-electron chi connectivity index (χ1n) is 7.19. The average molecular weight is 224 g/mol. The van der Waals surface area contributed by atoms with E-state index in [0.29, 0.717) is 0 Å². The first kappa shape index (κ1) is 12.4. The van der Waals surface area contributed by atoms with Crippen molar-refractivity contribution in [2.75, 3.05) is 19.6 Å². The molecule has 2 heteroatoms. The Morgan fingerprint density at radius 2 is 2.00 bits per heavy atom. The van der Waals surface area contributed by atoms with Crippen LogP contribution in [0.25, 0.3) is 0 Å². The Hall–Kier alpha value is -0.0800. The van der Waals surface area contributed by atoms with Crippen molar-refractivity contribution >= 4 is 0 Å². The number of rotatable bonds is 6. The molecule has 0 aromatic rings. The quantitative estimate of drug-likeness (QED) is 0.746. The lowest BCUT2D eigenvalue weighted by atomic mass is 10.0. The molecule has 2 fully saturated rings. The molecule has 1 aliphatic heterocycles. The van der Waals surface area contributed by atoms with Gasteiger partial charge in [-0.25, -0.2) is 0 Å². The van der Waals surface area contributed by atoms with Gasteiger partial charge in [0.05, 0.1) is 0 Å². The minimum Gasteiger partial charge on any atom is -0.313 e. The van der Waals surface area contributed by atoms with Gasteiger partial charge in [-0.2, -0.15) is 0 Å². The van der Waals surface area contributed by atoms with Crippen molar-refractivity contribution in [3.8, 4) is 0 Å². The van der Waals surface area contributed by atoms with Gasteiger partial charge < -0.3 is 5.32 Å². The Labute approximate surface area is 101 Å². The second-order valence-electron chi connectivity index (χ2n) is 5.95. The molecule has 16 heavy (non-hydrogen) atoms. The van der Waals surface area contributed by atoms with Gasteiger partial charge in [0, 0.05) is 18.6 Å². The highest BCUT2D eigenvalue weighted by Crippen LogP contribution is 2.34. The zero-order valence-electron chi connectivity index (χ0n) is 11.2. The molecular weight excluding hydrogens is 196 g/mol. The molecule has 2 unspecified atom stereocenters. The van der Waals surface area contributed by atoms with Crippen LogP contribution in [0.4, 0.5) is 0 Å². The molecule has 2 rings (SSSR count). The highest BCUT2D eigenvalue weighted by Gasteiger charge is 2.35. The molecule has 1 N–H and O–H groups in total. The molecule has 0 bridgehead atoms. The lowest BCUT2D eigenvalue weighted by Gasteiger charge is -2.31. The largest absolute Gasteiger partial charge is 0.313 e. The molecule has 2 aliphatic rings. The summed E-state index contributed by atoms with van der Waals surface area (Å²) in [6.07, 6.45) is 5.74. The fourth-order valence-corrected chi connectivity index (χ4v) is 3.23. The summed E-state index contributed by atoms with van der Waals surface area (Å²) in [6, 6.07) is 1.62. The second-order valence-corrected chi connectivity index (χ2v) is 5.95. The third-order valence-electron chi connectivity index (χ3n) is 4.27. The van der Waals surface area contributed by atoms with E-state index in [1.54, 1.807) is 0 Å². The van der Waals surface area contributed by atoms with E-state index in [-0.39, 0.29) is 0 Å². The van der Waals surface area contributed by atoms with Crippen LogP contribution < -0.4 is 5.32 Å².